The summed E-state index contributed by atoms with van der Waals surface area (Å²) in [4.78, 5) is 26.4. The zero-order valence-corrected chi connectivity index (χ0v) is 20.6. The molecule has 4 rings (SSSR count). The molecule has 1 heterocycles. The van der Waals surface area contributed by atoms with Gasteiger partial charge >= 0.3 is 5.97 Å². The van der Waals surface area contributed by atoms with Gasteiger partial charge in [0.05, 0.1) is 17.7 Å². The molecule has 1 amide bonds. The van der Waals surface area contributed by atoms with Crippen LogP contribution in [0.5, 0.6) is 0 Å². The molecule has 1 aromatic heterocycles. The van der Waals surface area contributed by atoms with Crippen molar-refractivity contribution in [2.24, 2.45) is 0 Å². The third-order valence-corrected chi connectivity index (χ3v) is 9.13. The molecule has 0 radical (unpaired) electrons. The lowest BCUT2D eigenvalue weighted by Crippen LogP contribution is -2.35. The molecule has 1 N–H and O–H groups in total. The average Bonchev–Trinajstić information content (AvgIpc) is 3.54. The third-order valence-electron chi connectivity index (χ3n) is 6.04. The van der Waals surface area contributed by atoms with E-state index in [0.717, 1.165) is 36.1 Å². The van der Waals surface area contributed by atoms with Gasteiger partial charge in [0.2, 0.25) is 10.0 Å². The second-order valence-corrected chi connectivity index (χ2v) is 11.2. The largest absolute Gasteiger partial charge is 0.465 e. The summed E-state index contributed by atoms with van der Waals surface area (Å²) in [5.74, 6) is -0.991. The molecule has 1 saturated carbocycles. The standard InChI is InChI=1S/C25H26N2O5S2/c1-27(19-10-6-7-11-19)34(30,31)20-14-12-18(13-15-20)24(28)26-21-16-22(17-8-4-3-5-9-17)33-23(21)25(29)32-2/h3-5,8-9,12-16,19H,6-7,10-11H2,1-2H3,(H,26,28). The predicted octanol–water partition coefficient (Wildman–Crippen LogP) is 5.02. The van der Waals surface area contributed by atoms with Crippen molar-refractivity contribution >= 4 is 38.9 Å². The van der Waals surface area contributed by atoms with Gasteiger partial charge in [-0.05, 0) is 48.7 Å². The molecule has 3 aromatic rings. The lowest BCUT2D eigenvalue weighted by molar-refractivity contribution is 0.0607. The fourth-order valence-electron chi connectivity index (χ4n) is 4.08. The van der Waals surface area contributed by atoms with Crippen molar-refractivity contribution in [1.29, 1.82) is 0 Å². The normalized spacial score (nSPS) is 14.3. The SMILES string of the molecule is COC(=O)c1sc(-c2ccccc2)cc1NC(=O)c1ccc(S(=O)(=O)N(C)C2CCCC2)cc1. The Morgan fingerprint density at radius 2 is 1.68 bits per heavy atom. The Kier molecular flexibility index (Phi) is 7.16. The maximum absolute atomic E-state index is 13.0. The highest BCUT2D eigenvalue weighted by Gasteiger charge is 2.30. The Morgan fingerprint density at radius 3 is 2.29 bits per heavy atom. The number of esters is 1. The summed E-state index contributed by atoms with van der Waals surface area (Å²) < 4.78 is 32.2. The minimum absolute atomic E-state index is 0.0159. The van der Waals surface area contributed by atoms with Gasteiger partial charge in [-0.25, -0.2) is 13.2 Å². The first kappa shape index (κ1) is 24.1. The molecule has 7 nitrogen and oxygen atoms in total. The number of anilines is 1. The lowest BCUT2D eigenvalue weighted by Gasteiger charge is -2.23. The molecular formula is C25H26N2O5S2. The fourth-order valence-corrected chi connectivity index (χ4v) is 6.53. The molecule has 178 valence electrons. The number of ether oxygens (including phenoxy) is 1. The Bertz CT molecular complexity index is 1280. The van der Waals surface area contributed by atoms with E-state index >= 15 is 0 Å². The van der Waals surface area contributed by atoms with Gasteiger partial charge in [0, 0.05) is 23.5 Å². The minimum Gasteiger partial charge on any atom is -0.465 e. The Labute approximate surface area is 203 Å². The molecule has 9 heteroatoms. The Hall–Kier alpha value is -3.01. The van der Waals surface area contributed by atoms with Gasteiger partial charge in [0.15, 0.2) is 0 Å². The highest BCUT2D eigenvalue weighted by Crippen LogP contribution is 2.35. The van der Waals surface area contributed by atoms with Crippen LogP contribution in [-0.2, 0) is 14.8 Å². The van der Waals surface area contributed by atoms with Gasteiger partial charge in [-0.3, -0.25) is 4.79 Å². The van der Waals surface area contributed by atoms with Crippen LogP contribution in [0, 0.1) is 0 Å². The molecule has 1 aliphatic rings. The maximum atomic E-state index is 13.0. The highest BCUT2D eigenvalue weighted by molar-refractivity contribution is 7.89. The monoisotopic (exact) mass is 498 g/mol. The summed E-state index contributed by atoms with van der Waals surface area (Å²) in [6, 6.07) is 17.1. The molecule has 0 saturated heterocycles. The maximum Gasteiger partial charge on any atom is 0.350 e. The van der Waals surface area contributed by atoms with E-state index in [2.05, 4.69) is 5.32 Å². The molecule has 34 heavy (non-hydrogen) atoms. The number of benzene rings is 2. The molecule has 0 unspecified atom stereocenters. The van der Waals surface area contributed by atoms with Crippen molar-refractivity contribution in [2.45, 2.75) is 36.6 Å². The molecule has 1 fully saturated rings. The van der Waals surface area contributed by atoms with Crippen LogP contribution in [0.4, 0.5) is 5.69 Å². The van der Waals surface area contributed by atoms with Crippen molar-refractivity contribution < 1.29 is 22.7 Å². The number of methoxy groups -OCH3 is 1. The van der Waals surface area contributed by atoms with Gasteiger partial charge in [-0.15, -0.1) is 11.3 Å². The van der Waals surface area contributed by atoms with Gasteiger partial charge < -0.3 is 10.1 Å². The van der Waals surface area contributed by atoms with Gasteiger partial charge in [-0.1, -0.05) is 43.2 Å². The summed E-state index contributed by atoms with van der Waals surface area (Å²) in [6.45, 7) is 0. The second kappa shape index (κ2) is 10.1. The molecule has 0 atom stereocenters. The second-order valence-electron chi connectivity index (χ2n) is 8.15. The first-order valence-electron chi connectivity index (χ1n) is 11.0. The van der Waals surface area contributed by atoms with Crippen molar-refractivity contribution in [3.63, 3.8) is 0 Å². The van der Waals surface area contributed by atoms with E-state index in [1.807, 2.05) is 30.3 Å². The number of nitrogens with zero attached hydrogens (tertiary/aromatic N) is 1. The van der Waals surface area contributed by atoms with E-state index in [-0.39, 0.29) is 21.4 Å². The summed E-state index contributed by atoms with van der Waals surface area (Å²) in [5.41, 5.74) is 1.54. The predicted molar refractivity (Wildman–Crippen MR) is 133 cm³/mol. The van der Waals surface area contributed by atoms with Crippen LogP contribution in [0.15, 0.2) is 65.6 Å². The number of carbonyl (C=O) groups is 2. The number of hydrogen-bond acceptors (Lipinski definition) is 6. The zero-order chi connectivity index (χ0) is 24.3. The average molecular weight is 499 g/mol. The van der Waals surface area contributed by atoms with Gasteiger partial charge in [-0.2, -0.15) is 4.31 Å². The number of amides is 1. The third kappa shape index (κ3) is 4.91. The van der Waals surface area contributed by atoms with Crippen LogP contribution in [-0.4, -0.2) is 44.8 Å². The van der Waals surface area contributed by atoms with Crippen molar-refractivity contribution in [2.75, 3.05) is 19.5 Å². The van der Waals surface area contributed by atoms with Crippen molar-refractivity contribution in [3.8, 4) is 10.4 Å². The summed E-state index contributed by atoms with van der Waals surface area (Å²) in [6.07, 6.45) is 3.80. The minimum atomic E-state index is -3.63. The molecule has 0 spiro atoms. The van der Waals surface area contributed by atoms with E-state index in [0.29, 0.717) is 5.69 Å². The topological polar surface area (TPSA) is 92.8 Å². The first-order chi connectivity index (χ1) is 16.3. The van der Waals surface area contributed by atoms with Crippen LogP contribution >= 0.6 is 11.3 Å². The zero-order valence-electron chi connectivity index (χ0n) is 19.0. The van der Waals surface area contributed by atoms with Crippen LogP contribution in [0.3, 0.4) is 0 Å². The van der Waals surface area contributed by atoms with E-state index in [9.17, 15) is 18.0 Å². The number of hydrogen-bond donors (Lipinski definition) is 1. The number of nitrogens with one attached hydrogen (secondary N) is 1. The van der Waals surface area contributed by atoms with Gasteiger partial charge in [0.25, 0.3) is 5.91 Å². The smallest absolute Gasteiger partial charge is 0.350 e. The number of rotatable bonds is 7. The highest BCUT2D eigenvalue weighted by atomic mass is 32.2. The summed E-state index contributed by atoms with van der Waals surface area (Å²) in [5, 5.41) is 2.77. The molecule has 0 aliphatic heterocycles. The van der Waals surface area contributed by atoms with Gasteiger partial charge in [0.1, 0.15) is 4.88 Å². The summed E-state index contributed by atoms with van der Waals surface area (Å²) >= 11 is 1.23. The number of sulfonamides is 1. The van der Waals surface area contributed by atoms with E-state index in [1.165, 1.54) is 47.0 Å². The molecular weight excluding hydrogens is 472 g/mol. The van der Waals surface area contributed by atoms with Crippen molar-refractivity contribution in [3.05, 3.63) is 71.1 Å². The molecule has 1 aliphatic carbocycles. The number of carbonyl (C=O) groups excluding carboxylic acids is 2. The lowest BCUT2D eigenvalue weighted by atomic mass is 10.2. The number of thiophene rings is 1. The van der Waals surface area contributed by atoms with Crippen LogP contribution in [0.1, 0.15) is 45.7 Å². The Morgan fingerprint density at radius 1 is 1.03 bits per heavy atom. The van der Waals surface area contributed by atoms with E-state index < -0.39 is 21.9 Å². The van der Waals surface area contributed by atoms with Crippen LogP contribution in [0.25, 0.3) is 10.4 Å². The first-order valence-corrected chi connectivity index (χ1v) is 13.2. The molecule has 2 aromatic carbocycles. The summed E-state index contributed by atoms with van der Waals surface area (Å²) in [7, 11) is -0.729. The molecule has 0 bridgehead atoms. The quantitative estimate of drug-likeness (QED) is 0.462. The van der Waals surface area contributed by atoms with Crippen LogP contribution in [0.2, 0.25) is 0 Å². The van der Waals surface area contributed by atoms with Crippen LogP contribution < -0.4 is 5.32 Å². The van der Waals surface area contributed by atoms with E-state index in [1.54, 1.807) is 13.1 Å². The van der Waals surface area contributed by atoms with Crippen molar-refractivity contribution in [1.82, 2.24) is 4.31 Å². The van der Waals surface area contributed by atoms with E-state index in [4.69, 9.17) is 4.74 Å². The fraction of sp³-hybridized carbons (Fsp3) is 0.280. The Balaban J connectivity index is 1.55.